The zero-order chi connectivity index (χ0) is 14.8. The quantitative estimate of drug-likeness (QED) is 0.684. The summed E-state index contributed by atoms with van der Waals surface area (Å²) in [6.07, 6.45) is 5.49. The highest BCUT2D eigenvalue weighted by atomic mass is 35.5. The lowest BCUT2D eigenvalue weighted by molar-refractivity contribution is -0.579. The molecule has 0 atom stereocenters. The minimum atomic E-state index is -0.297. The largest absolute Gasteiger partial charge is 0.618 e. The lowest BCUT2D eigenvalue weighted by Gasteiger charge is -2.22. The van der Waals surface area contributed by atoms with Crippen LogP contribution in [0.4, 0.5) is 0 Å². The number of hydrogen-bond donors (Lipinski definition) is 1. The average Bonchev–Trinajstić information content (AvgIpc) is 2.48. The summed E-state index contributed by atoms with van der Waals surface area (Å²) >= 11 is 5.91. The molecule has 1 aliphatic carbocycles. The van der Waals surface area contributed by atoms with Crippen molar-refractivity contribution < 1.29 is 9.52 Å². The Kier molecular flexibility index (Phi) is 3.97. The number of carbonyl (C=O) groups is 1. The molecule has 1 aromatic heterocycles. The molecule has 1 N–H and O–H groups in total. The van der Waals surface area contributed by atoms with Gasteiger partial charge in [-0.1, -0.05) is 30.9 Å². The van der Waals surface area contributed by atoms with Crippen LogP contribution < -0.4 is 10.0 Å². The first-order chi connectivity index (χ1) is 10.1. The summed E-state index contributed by atoms with van der Waals surface area (Å²) in [5, 5.41) is 16.6. The predicted molar refractivity (Wildman–Crippen MR) is 82.3 cm³/mol. The van der Waals surface area contributed by atoms with E-state index in [1.165, 1.54) is 6.42 Å². The smallest absolute Gasteiger partial charge is 0.317 e. The number of pyridine rings is 1. The first kappa shape index (κ1) is 14.1. The molecule has 1 aliphatic rings. The van der Waals surface area contributed by atoms with E-state index in [2.05, 4.69) is 5.32 Å². The van der Waals surface area contributed by atoms with Crippen LogP contribution in [0, 0.1) is 5.21 Å². The highest BCUT2D eigenvalue weighted by molar-refractivity contribution is 6.31. The lowest BCUT2D eigenvalue weighted by atomic mass is 9.95. The molecule has 1 heterocycles. The zero-order valence-electron chi connectivity index (χ0n) is 11.6. The SMILES string of the molecule is O=C(NC1CCCCC1)c1ccc2cc(Cl)ccc2[n+]1[O-]. The summed E-state index contributed by atoms with van der Waals surface area (Å²) in [6, 6.07) is 8.51. The van der Waals surface area contributed by atoms with E-state index in [-0.39, 0.29) is 17.6 Å². The third-order valence-electron chi connectivity index (χ3n) is 4.02. The van der Waals surface area contributed by atoms with Crippen LogP contribution in [0.15, 0.2) is 30.3 Å². The first-order valence-corrected chi connectivity index (χ1v) is 7.65. The Hall–Kier alpha value is -1.81. The minimum Gasteiger partial charge on any atom is -0.618 e. The minimum absolute atomic E-state index is 0.135. The van der Waals surface area contributed by atoms with Crippen molar-refractivity contribution >= 4 is 28.4 Å². The van der Waals surface area contributed by atoms with Gasteiger partial charge in [-0.15, -0.1) is 0 Å². The van der Waals surface area contributed by atoms with Gasteiger partial charge in [-0.05, 0) is 31.0 Å². The molecular formula is C16H17ClN2O2. The highest BCUT2D eigenvalue weighted by Crippen LogP contribution is 2.19. The fourth-order valence-electron chi connectivity index (χ4n) is 2.88. The summed E-state index contributed by atoms with van der Waals surface area (Å²) in [7, 11) is 0. The molecule has 5 heteroatoms. The summed E-state index contributed by atoms with van der Waals surface area (Å²) in [5.41, 5.74) is 0.589. The van der Waals surface area contributed by atoms with Gasteiger partial charge in [-0.25, -0.2) is 0 Å². The van der Waals surface area contributed by atoms with Gasteiger partial charge in [0.05, 0.1) is 0 Å². The van der Waals surface area contributed by atoms with Crippen LogP contribution in [0.2, 0.25) is 5.02 Å². The Morgan fingerprint density at radius 1 is 1.19 bits per heavy atom. The Balaban J connectivity index is 1.87. The molecule has 0 unspecified atom stereocenters. The number of benzene rings is 1. The zero-order valence-corrected chi connectivity index (χ0v) is 12.4. The van der Waals surface area contributed by atoms with Crippen LogP contribution in [0.25, 0.3) is 10.9 Å². The van der Waals surface area contributed by atoms with E-state index in [1.807, 2.05) is 0 Å². The van der Waals surface area contributed by atoms with Crippen molar-refractivity contribution in [3.63, 3.8) is 0 Å². The molecule has 0 aliphatic heterocycles. The maximum atomic E-state index is 12.3. The van der Waals surface area contributed by atoms with Crippen molar-refractivity contribution in [2.45, 2.75) is 38.1 Å². The fourth-order valence-corrected chi connectivity index (χ4v) is 3.06. The van der Waals surface area contributed by atoms with E-state index in [0.29, 0.717) is 15.3 Å². The second kappa shape index (κ2) is 5.90. The average molecular weight is 305 g/mol. The molecule has 4 nitrogen and oxygen atoms in total. The van der Waals surface area contributed by atoms with Crippen LogP contribution in [0.5, 0.6) is 0 Å². The molecule has 0 saturated heterocycles. The number of aromatic nitrogens is 1. The van der Waals surface area contributed by atoms with Crippen molar-refractivity contribution in [3.8, 4) is 0 Å². The van der Waals surface area contributed by atoms with Crippen molar-refractivity contribution in [3.05, 3.63) is 46.3 Å². The van der Waals surface area contributed by atoms with Crippen molar-refractivity contribution in [2.24, 2.45) is 0 Å². The molecule has 0 spiro atoms. The van der Waals surface area contributed by atoms with E-state index < -0.39 is 0 Å². The maximum Gasteiger partial charge on any atom is 0.317 e. The van der Waals surface area contributed by atoms with Gasteiger partial charge in [0.25, 0.3) is 5.69 Å². The van der Waals surface area contributed by atoms with Crippen molar-refractivity contribution in [2.75, 3.05) is 0 Å². The van der Waals surface area contributed by atoms with E-state index in [1.54, 1.807) is 30.3 Å². The van der Waals surface area contributed by atoms with Crippen LogP contribution in [0.3, 0.4) is 0 Å². The van der Waals surface area contributed by atoms with Crippen molar-refractivity contribution in [1.29, 1.82) is 0 Å². The van der Waals surface area contributed by atoms with Crippen LogP contribution in [-0.2, 0) is 0 Å². The molecule has 0 bridgehead atoms. The monoisotopic (exact) mass is 304 g/mol. The van der Waals surface area contributed by atoms with Crippen LogP contribution in [-0.4, -0.2) is 11.9 Å². The summed E-state index contributed by atoms with van der Waals surface area (Å²) in [5.74, 6) is -0.297. The molecule has 3 rings (SSSR count). The predicted octanol–water partition coefficient (Wildman–Crippen LogP) is 3.19. The summed E-state index contributed by atoms with van der Waals surface area (Å²) in [6.45, 7) is 0. The summed E-state index contributed by atoms with van der Waals surface area (Å²) in [4.78, 5) is 12.3. The third kappa shape index (κ3) is 2.95. The molecule has 0 radical (unpaired) electrons. The lowest BCUT2D eigenvalue weighted by Crippen LogP contribution is -2.44. The normalized spacial score (nSPS) is 16.0. The highest BCUT2D eigenvalue weighted by Gasteiger charge is 2.22. The van der Waals surface area contributed by atoms with Crippen LogP contribution >= 0.6 is 11.6 Å². The summed E-state index contributed by atoms with van der Waals surface area (Å²) < 4.78 is 0.684. The molecule has 1 fully saturated rings. The second-order valence-electron chi connectivity index (χ2n) is 5.52. The van der Waals surface area contributed by atoms with Crippen LogP contribution in [0.1, 0.15) is 42.6 Å². The molecule has 1 aromatic carbocycles. The van der Waals surface area contributed by atoms with E-state index >= 15 is 0 Å². The topological polar surface area (TPSA) is 56.0 Å². The van der Waals surface area contributed by atoms with Gasteiger partial charge < -0.3 is 10.5 Å². The Morgan fingerprint density at radius 3 is 2.71 bits per heavy atom. The number of nitrogens with one attached hydrogen (secondary N) is 1. The van der Waals surface area contributed by atoms with E-state index in [4.69, 9.17) is 11.6 Å². The maximum absolute atomic E-state index is 12.3. The molecule has 2 aromatic rings. The van der Waals surface area contributed by atoms with Gasteiger partial charge in [-0.3, -0.25) is 4.79 Å². The Bertz CT molecular complexity index is 681. The van der Waals surface area contributed by atoms with Crippen molar-refractivity contribution in [1.82, 2.24) is 5.32 Å². The third-order valence-corrected chi connectivity index (χ3v) is 4.26. The van der Waals surface area contributed by atoms with E-state index in [9.17, 15) is 10.0 Å². The molecular weight excluding hydrogens is 288 g/mol. The fraction of sp³-hybridized carbons (Fsp3) is 0.375. The number of carbonyl (C=O) groups excluding carboxylic acids is 1. The standard InChI is InChI=1S/C16H17ClN2O2/c17-12-7-9-14-11(10-12)6-8-15(19(14)21)16(20)18-13-4-2-1-3-5-13/h6-10,13H,1-5H2,(H,18,20). The number of hydrogen-bond acceptors (Lipinski definition) is 2. The van der Waals surface area contributed by atoms with Gasteiger partial charge in [0.15, 0.2) is 0 Å². The van der Waals surface area contributed by atoms with E-state index in [0.717, 1.165) is 31.1 Å². The number of fused-ring (bicyclic) bond motifs is 1. The molecule has 21 heavy (non-hydrogen) atoms. The number of amides is 1. The van der Waals surface area contributed by atoms with Gasteiger partial charge in [0.2, 0.25) is 5.52 Å². The molecule has 110 valence electrons. The van der Waals surface area contributed by atoms with Gasteiger partial charge in [-0.2, -0.15) is 4.73 Å². The number of halogens is 1. The Labute approximate surface area is 128 Å². The second-order valence-corrected chi connectivity index (χ2v) is 5.96. The molecule has 1 amide bonds. The number of nitrogens with zero attached hydrogens (tertiary/aromatic N) is 1. The molecule has 1 saturated carbocycles. The first-order valence-electron chi connectivity index (χ1n) is 7.28. The van der Waals surface area contributed by atoms with Gasteiger partial charge >= 0.3 is 5.91 Å². The number of rotatable bonds is 2. The Morgan fingerprint density at radius 2 is 1.95 bits per heavy atom. The van der Waals surface area contributed by atoms with Gasteiger partial charge in [0, 0.05) is 28.6 Å². The van der Waals surface area contributed by atoms with Gasteiger partial charge in [0.1, 0.15) is 0 Å².